The number of hydrogen-bond acceptors (Lipinski definition) is 3. The van der Waals surface area contributed by atoms with Crippen molar-refractivity contribution in [1.82, 2.24) is 15.2 Å². The molecular weight excluding hydrogens is 410 g/mol. The Morgan fingerprint density at radius 1 is 1.15 bits per heavy atom. The minimum atomic E-state index is 0. The van der Waals surface area contributed by atoms with Crippen LogP contribution >= 0.6 is 0 Å². The lowest BCUT2D eigenvalue weighted by Crippen LogP contribution is -2.41. The Kier molecular flexibility index (Phi) is 8.14. The molecule has 4 rings (SSSR count). The van der Waals surface area contributed by atoms with E-state index in [1.165, 1.54) is 22.3 Å². The second-order valence-electron chi connectivity index (χ2n) is 9.28. The minimum Gasteiger partial charge on any atom is -0.368 e. The number of benzene rings is 2. The van der Waals surface area contributed by atoms with Gasteiger partial charge in [-0.2, -0.15) is 0 Å². The number of carbonyl (C=O) groups is 1. The summed E-state index contributed by atoms with van der Waals surface area (Å²) in [6.45, 7) is 5.67. The number of aryl methyl sites for hydroxylation is 2. The first kappa shape index (κ1) is 24.8. The van der Waals surface area contributed by atoms with Gasteiger partial charge in [-0.05, 0) is 71.1 Å². The van der Waals surface area contributed by atoms with Crippen LogP contribution in [0, 0.1) is 12.8 Å². The van der Waals surface area contributed by atoms with E-state index in [4.69, 9.17) is 0 Å². The number of anilines is 1. The Balaban J connectivity index is 0.00000306. The molecule has 0 aliphatic carbocycles. The Hall–Kier alpha value is -2.86. The number of nitrogens with one attached hydrogen (secondary N) is 2. The summed E-state index contributed by atoms with van der Waals surface area (Å²) >= 11 is 0. The number of imidazole rings is 1. The summed E-state index contributed by atoms with van der Waals surface area (Å²) in [6.07, 6.45) is 2.79. The van der Waals surface area contributed by atoms with Gasteiger partial charge < -0.3 is 15.1 Å². The number of carbonyl (C=O) groups excluding carboxylic acids is 1. The summed E-state index contributed by atoms with van der Waals surface area (Å²) in [7, 11) is 6.24. The van der Waals surface area contributed by atoms with Crippen molar-refractivity contribution in [2.75, 3.05) is 45.2 Å². The van der Waals surface area contributed by atoms with E-state index in [1.54, 1.807) is 0 Å². The molecule has 6 nitrogen and oxygen atoms in total. The highest BCUT2D eigenvalue weighted by atomic mass is 16.1. The molecule has 1 aliphatic rings. The summed E-state index contributed by atoms with van der Waals surface area (Å²) in [6, 6.07) is 15.1. The van der Waals surface area contributed by atoms with E-state index < -0.39 is 0 Å². The van der Waals surface area contributed by atoms with Gasteiger partial charge in [0.2, 0.25) is 5.91 Å². The maximum absolute atomic E-state index is 12.6. The van der Waals surface area contributed by atoms with E-state index in [0.29, 0.717) is 0 Å². The van der Waals surface area contributed by atoms with E-state index in [-0.39, 0.29) is 19.3 Å². The van der Waals surface area contributed by atoms with Gasteiger partial charge in [0, 0.05) is 25.6 Å². The van der Waals surface area contributed by atoms with Crippen LogP contribution in [-0.2, 0) is 11.8 Å². The lowest BCUT2D eigenvalue weighted by molar-refractivity contribution is -0.633. The molecule has 178 valence electrons. The molecule has 33 heavy (non-hydrogen) atoms. The van der Waals surface area contributed by atoms with Gasteiger partial charge in [0.25, 0.3) is 5.82 Å². The van der Waals surface area contributed by atoms with Crippen LogP contribution in [0.5, 0.6) is 0 Å². The average Bonchev–Trinajstić information content (AvgIpc) is 3.14. The van der Waals surface area contributed by atoms with Crippen LogP contribution in [0.2, 0.25) is 0 Å². The molecule has 2 N–H and O–H groups in total. The van der Waals surface area contributed by atoms with E-state index in [1.807, 2.05) is 0 Å². The third kappa shape index (κ3) is 5.56. The molecule has 0 radical (unpaired) electrons. The lowest BCUT2D eigenvalue weighted by Gasteiger charge is -2.32. The Morgan fingerprint density at radius 2 is 1.85 bits per heavy atom. The number of hydrogen-bond donors (Lipinski definition) is 2. The normalized spacial score (nSPS) is 14.5. The quantitative estimate of drug-likeness (QED) is 0.424. The highest BCUT2D eigenvalue weighted by Gasteiger charge is 2.28. The molecule has 0 unspecified atom stereocenters. The Bertz CT molecular complexity index is 1060. The first-order valence-electron chi connectivity index (χ1n) is 11.7. The molecule has 1 aromatic heterocycles. The topological polar surface area (TPSA) is 55.3 Å². The van der Waals surface area contributed by atoms with Crippen molar-refractivity contribution in [1.29, 1.82) is 0 Å². The molecule has 2 heterocycles. The Morgan fingerprint density at radius 3 is 2.52 bits per heavy atom. The minimum absolute atomic E-state index is 0. The first-order chi connectivity index (χ1) is 15.4. The van der Waals surface area contributed by atoms with Crippen molar-refractivity contribution < 1.29 is 9.36 Å². The van der Waals surface area contributed by atoms with Gasteiger partial charge in [0.05, 0.1) is 18.3 Å². The second-order valence-corrected chi connectivity index (χ2v) is 9.28. The molecule has 0 saturated carbocycles. The summed E-state index contributed by atoms with van der Waals surface area (Å²) < 4.78 is 2.23. The van der Waals surface area contributed by atoms with Crippen LogP contribution in [0.1, 0.15) is 32.3 Å². The molecule has 0 atom stereocenters. The van der Waals surface area contributed by atoms with Crippen molar-refractivity contribution >= 4 is 22.6 Å². The smallest absolute Gasteiger partial charge is 0.287 e. The van der Waals surface area contributed by atoms with Crippen LogP contribution in [0.25, 0.3) is 22.4 Å². The van der Waals surface area contributed by atoms with Crippen LogP contribution in [0.4, 0.5) is 5.69 Å². The first-order valence-corrected chi connectivity index (χ1v) is 11.7. The summed E-state index contributed by atoms with van der Waals surface area (Å²) in [5.41, 5.74) is 6.03. The van der Waals surface area contributed by atoms with Gasteiger partial charge >= 0.3 is 0 Å². The fraction of sp³-hybridized carbons (Fsp3) is 0.481. The van der Waals surface area contributed by atoms with Gasteiger partial charge in [-0.25, -0.2) is 9.55 Å². The largest absolute Gasteiger partial charge is 0.368 e. The highest BCUT2D eigenvalue weighted by molar-refractivity contribution is 5.88. The van der Waals surface area contributed by atoms with Gasteiger partial charge in [-0.3, -0.25) is 4.79 Å². The predicted molar refractivity (Wildman–Crippen MR) is 137 cm³/mol. The van der Waals surface area contributed by atoms with Crippen LogP contribution in [-0.4, -0.2) is 56.1 Å². The number of H-pyrrole nitrogens is 1. The number of para-hydroxylation sites is 1. The number of nitrogens with zero attached hydrogens (tertiary/aromatic N) is 3. The SMILES string of the molecule is C.Cc1ccc(-c2[nH]c3c(N4CCC(C(=O)NCCCN(C)C)CC4)cccc3[n+]2C)cc1. The molecule has 0 spiro atoms. The van der Waals surface area contributed by atoms with Crippen LogP contribution in [0.15, 0.2) is 42.5 Å². The highest BCUT2D eigenvalue weighted by Crippen LogP contribution is 2.30. The van der Waals surface area contributed by atoms with Crippen LogP contribution in [0.3, 0.4) is 0 Å². The molecular formula is C27H40N5O+. The number of aromatic nitrogens is 2. The van der Waals surface area contributed by atoms with Gasteiger partial charge in [0.1, 0.15) is 0 Å². The fourth-order valence-electron chi connectivity index (χ4n) is 4.63. The molecule has 6 heteroatoms. The number of fused-ring (bicyclic) bond motifs is 1. The molecule has 1 amide bonds. The monoisotopic (exact) mass is 450 g/mol. The van der Waals surface area contributed by atoms with Crippen molar-refractivity contribution in [2.45, 2.75) is 33.6 Å². The predicted octanol–water partition coefficient (Wildman–Crippen LogP) is 3.89. The summed E-state index contributed by atoms with van der Waals surface area (Å²) in [5, 5.41) is 3.13. The average molecular weight is 451 g/mol. The lowest BCUT2D eigenvalue weighted by atomic mass is 9.95. The van der Waals surface area contributed by atoms with Gasteiger partial charge in [-0.15, -0.1) is 0 Å². The second kappa shape index (κ2) is 10.8. The zero-order chi connectivity index (χ0) is 22.7. The van der Waals surface area contributed by atoms with E-state index >= 15 is 0 Å². The van der Waals surface area contributed by atoms with Gasteiger partial charge in [-0.1, -0.05) is 31.2 Å². The summed E-state index contributed by atoms with van der Waals surface area (Å²) in [4.78, 5) is 20.8. The number of amides is 1. The zero-order valence-electron chi connectivity index (χ0n) is 19.8. The molecule has 1 aliphatic heterocycles. The zero-order valence-corrected chi connectivity index (χ0v) is 19.8. The van der Waals surface area contributed by atoms with Crippen LogP contribution < -0.4 is 14.8 Å². The standard InChI is InChI=1S/C26H35N5O.CH4/c1-19-9-11-20(12-10-19)25-28-24-22(30(25)4)7-5-8-23(24)31-17-13-21(14-18-31)26(32)27-15-6-16-29(2)3;/h5,7-12,21H,6,13-18H2,1-4H3,(H,27,32);1H4/p+1. The molecule has 2 aromatic carbocycles. The molecule has 1 saturated heterocycles. The van der Waals surface area contributed by atoms with E-state index in [9.17, 15) is 4.79 Å². The number of rotatable bonds is 7. The number of aromatic amines is 1. The molecule has 0 bridgehead atoms. The third-order valence-electron chi connectivity index (χ3n) is 6.57. The Labute approximate surface area is 198 Å². The molecule has 1 fully saturated rings. The van der Waals surface area contributed by atoms with Crippen molar-refractivity contribution in [3.63, 3.8) is 0 Å². The van der Waals surface area contributed by atoms with Gasteiger partial charge in [0.15, 0.2) is 11.0 Å². The third-order valence-corrected chi connectivity index (χ3v) is 6.57. The fourth-order valence-corrected chi connectivity index (χ4v) is 4.63. The van der Waals surface area contributed by atoms with Crippen molar-refractivity contribution in [3.05, 3.63) is 48.0 Å². The van der Waals surface area contributed by atoms with Crippen molar-refractivity contribution in [2.24, 2.45) is 13.0 Å². The van der Waals surface area contributed by atoms with E-state index in [2.05, 4.69) is 95.2 Å². The maximum atomic E-state index is 12.6. The van der Waals surface area contributed by atoms with E-state index in [0.717, 1.165) is 56.8 Å². The molecule has 3 aromatic rings. The van der Waals surface area contributed by atoms with Crippen molar-refractivity contribution in [3.8, 4) is 11.4 Å². The maximum Gasteiger partial charge on any atom is 0.287 e. The number of piperidine rings is 1. The summed E-state index contributed by atoms with van der Waals surface area (Å²) in [5.74, 6) is 1.45.